The van der Waals surface area contributed by atoms with E-state index in [1.54, 1.807) is 0 Å². The first kappa shape index (κ1) is 13.6. The Kier molecular flexibility index (Phi) is 4.79. The van der Waals surface area contributed by atoms with Crippen LogP contribution < -0.4 is 0 Å². The molecule has 0 amide bonds. The molecule has 18 heavy (non-hydrogen) atoms. The van der Waals surface area contributed by atoms with Crippen LogP contribution in [0, 0.1) is 12.8 Å². The van der Waals surface area contributed by atoms with Gasteiger partial charge in [-0.3, -0.25) is 0 Å². The maximum atomic E-state index is 10.0. The van der Waals surface area contributed by atoms with Gasteiger partial charge in [0, 0.05) is 13.1 Å². The first-order valence-corrected chi connectivity index (χ1v) is 7.08. The second-order valence-electron chi connectivity index (χ2n) is 5.74. The molecule has 1 saturated carbocycles. The van der Waals surface area contributed by atoms with Crippen LogP contribution in [0.1, 0.15) is 36.8 Å². The Bertz CT molecular complexity index is 377. The summed E-state index contributed by atoms with van der Waals surface area (Å²) in [5, 5.41) is 10.0. The van der Waals surface area contributed by atoms with Crippen molar-refractivity contribution in [1.29, 1.82) is 0 Å². The third-order valence-corrected chi connectivity index (χ3v) is 4.12. The van der Waals surface area contributed by atoms with Crippen LogP contribution in [0.25, 0.3) is 0 Å². The van der Waals surface area contributed by atoms with Crippen molar-refractivity contribution in [2.24, 2.45) is 5.92 Å². The molecule has 1 aromatic rings. The highest BCUT2D eigenvalue weighted by Gasteiger charge is 2.24. The lowest BCUT2D eigenvalue weighted by Crippen LogP contribution is -2.34. The van der Waals surface area contributed by atoms with E-state index in [0.29, 0.717) is 5.92 Å². The third-order valence-electron chi connectivity index (χ3n) is 4.12. The van der Waals surface area contributed by atoms with Gasteiger partial charge in [0.15, 0.2) is 0 Å². The highest BCUT2D eigenvalue weighted by molar-refractivity contribution is 5.25. The number of nitrogens with zero attached hydrogens (tertiary/aromatic N) is 1. The summed E-state index contributed by atoms with van der Waals surface area (Å²) in [6.07, 6.45) is 4.56. The van der Waals surface area contributed by atoms with E-state index in [1.165, 1.54) is 30.4 Å². The monoisotopic (exact) mass is 247 g/mol. The van der Waals surface area contributed by atoms with Gasteiger partial charge in [0.25, 0.3) is 0 Å². The normalized spacial score (nSPS) is 24.4. The summed E-state index contributed by atoms with van der Waals surface area (Å²) in [7, 11) is 2.16. The first-order chi connectivity index (χ1) is 8.66. The van der Waals surface area contributed by atoms with Crippen molar-refractivity contribution in [3.8, 4) is 0 Å². The van der Waals surface area contributed by atoms with Crippen LogP contribution >= 0.6 is 0 Å². The molecule has 2 nitrogen and oxygen atoms in total. The molecule has 1 N–H and O–H groups in total. The fraction of sp³-hybridized carbons (Fsp3) is 0.625. The van der Waals surface area contributed by atoms with Crippen LogP contribution in [0.5, 0.6) is 0 Å². The molecular weight excluding hydrogens is 222 g/mol. The molecule has 1 aromatic carbocycles. The standard InChI is InChI=1S/C16H25NO/c1-13-7-3-4-8-14(13)11-17(2)12-15-9-5-6-10-16(15)18/h3-4,7-8,15-16,18H,5-6,9-12H2,1-2H3. The van der Waals surface area contributed by atoms with Gasteiger partial charge in [-0.25, -0.2) is 0 Å². The van der Waals surface area contributed by atoms with E-state index in [9.17, 15) is 5.11 Å². The van der Waals surface area contributed by atoms with Crippen molar-refractivity contribution in [2.45, 2.75) is 45.3 Å². The van der Waals surface area contributed by atoms with Crippen molar-refractivity contribution in [3.63, 3.8) is 0 Å². The SMILES string of the molecule is Cc1ccccc1CN(C)CC1CCCCC1O. The summed E-state index contributed by atoms with van der Waals surface area (Å²) in [6, 6.07) is 8.55. The van der Waals surface area contributed by atoms with Gasteiger partial charge < -0.3 is 10.0 Å². The van der Waals surface area contributed by atoms with Gasteiger partial charge in [-0.15, -0.1) is 0 Å². The molecule has 0 heterocycles. The molecule has 0 aromatic heterocycles. The van der Waals surface area contributed by atoms with E-state index in [1.807, 2.05) is 0 Å². The minimum atomic E-state index is -0.0851. The van der Waals surface area contributed by atoms with Crippen LogP contribution in [-0.4, -0.2) is 29.7 Å². The van der Waals surface area contributed by atoms with E-state index in [4.69, 9.17) is 0 Å². The topological polar surface area (TPSA) is 23.5 Å². The van der Waals surface area contributed by atoms with Gasteiger partial charge in [-0.05, 0) is 43.9 Å². The van der Waals surface area contributed by atoms with Crippen LogP contribution in [-0.2, 0) is 6.54 Å². The van der Waals surface area contributed by atoms with Gasteiger partial charge >= 0.3 is 0 Å². The summed E-state index contributed by atoms with van der Waals surface area (Å²) >= 11 is 0. The minimum absolute atomic E-state index is 0.0851. The Morgan fingerprint density at radius 3 is 2.67 bits per heavy atom. The van der Waals surface area contributed by atoms with Crippen molar-refractivity contribution in [2.75, 3.05) is 13.6 Å². The van der Waals surface area contributed by atoms with Crippen molar-refractivity contribution in [1.82, 2.24) is 4.90 Å². The number of hydrogen-bond donors (Lipinski definition) is 1. The number of benzene rings is 1. The predicted octanol–water partition coefficient (Wildman–Crippen LogP) is 2.98. The summed E-state index contributed by atoms with van der Waals surface area (Å²) in [5.74, 6) is 0.466. The molecule has 1 aliphatic carbocycles. The summed E-state index contributed by atoms with van der Waals surface area (Å²) < 4.78 is 0. The zero-order valence-electron chi connectivity index (χ0n) is 11.6. The maximum Gasteiger partial charge on any atom is 0.0580 e. The van der Waals surface area contributed by atoms with E-state index in [-0.39, 0.29) is 6.10 Å². The van der Waals surface area contributed by atoms with E-state index >= 15 is 0 Å². The largest absolute Gasteiger partial charge is 0.393 e. The fourth-order valence-corrected chi connectivity index (χ4v) is 2.94. The molecule has 100 valence electrons. The molecule has 0 spiro atoms. The van der Waals surface area contributed by atoms with Crippen LogP contribution in [0.15, 0.2) is 24.3 Å². The fourth-order valence-electron chi connectivity index (χ4n) is 2.94. The lowest BCUT2D eigenvalue weighted by molar-refractivity contribution is 0.0501. The second-order valence-corrected chi connectivity index (χ2v) is 5.74. The van der Waals surface area contributed by atoms with Crippen LogP contribution in [0.2, 0.25) is 0 Å². The third kappa shape index (κ3) is 3.56. The summed E-state index contributed by atoms with van der Waals surface area (Å²) in [4.78, 5) is 2.35. The van der Waals surface area contributed by atoms with Crippen molar-refractivity contribution >= 4 is 0 Å². The Balaban J connectivity index is 1.88. The molecule has 1 fully saturated rings. The van der Waals surface area contributed by atoms with E-state index in [0.717, 1.165) is 19.5 Å². The molecule has 0 bridgehead atoms. The second kappa shape index (κ2) is 6.35. The average Bonchev–Trinajstić information content (AvgIpc) is 2.35. The summed E-state index contributed by atoms with van der Waals surface area (Å²) in [5.41, 5.74) is 2.75. The van der Waals surface area contributed by atoms with E-state index < -0.39 is 0 Å². The molecule has 1 aliphatic rings. The van der Waals surface area contributed by atoms with Crippen LogP contribution in [0.4, 0.5) is 0 Å². The number of aryl methyl sites for hydroxylation is 1. The molecule has 0 saturated heterocycles. The lowest BCUT2D eigenvalue weighted by atomic mass is 9.86. The van der Waals surface area contributed by atoms with Crippen molar-refractivity contribution < 1.29 is 5.11 Å². The number of aliphatic hydroxyl groups is 1. The average molecular weight is 247 g/mol. The highest BCUT2D eigenvalue weighted by atomic mass is 16.3. The lowest BCUT2D eigenvalue weighted by Gasteiger charge is -2.31. The van der Waals surface area contributed by atoms with Gasteiger partial charge in [0.1, 0.15) is 0 Å². The molecular formula is C16H25NO. The van der Waals surface area contributed by atoms with Crippen LogP contribution in [0.3, 0.4) is 0 Å². The molecule has 2 atom stereocenters. The molecule has 2 unspecified atom stereocenters. The first-order valence-electron chi connectivity index (χ1n) is 7.08. The summed E-state index contributed by atoms with van der Waals surface area (Å²) in [6.45, 7) is 4.16. The predicted molar refractivity (Wildman–Crippen MR) is 75.5 cm³/mol. The molecule has 2 rings (SSSR count). The highest BCUT2D eigenvalue weighted by Crippen LogP contribution is 2.25. The molecule has 2 heteroatoms. The van der Waals surface area contributed by atoms with Gasteiger partial charge in [-0.2, -0.15) is 0 Å². The Morgan fingerprint density at radius 1 is 1.22 bits per heavy atom. The zero-order chi connectivity index (χ0) is 13.0. The quantitative estimate of drug-likeness (QED) is 0.884. The Morgan fingerprint density at radius 2 is 1.94 bits per heavy atom. The number of aliphatic hydroxyl groups excluding tert-OH is 1. The van der Waals surface area contributed by atoms with Crippen molar-refractivity contribution in [3.05, 3.63) is 35.4 Å². The Hall–Kier alpha value is -0.860. The maximum absolute atomic E-state index is 10.0. The van der Waals surface area contributed by atoms with E-state index in [2.05, 4.69) is 43.1 Å². The minimum Gasteiger partial charge on any atom is -0.393 e. The number of hydrogen-bond acceptors (Lipinski definition) is 2. The number of rotatable bonds is 4. The Labute approximate surface area is 111 Å². The molecule has 0 aliphatic heterocycles. The zero-order valence-corrected chi connectivity index (χ0v) is 11.6. The van der Waals surface area contributed by atoms with Gasteiger partial charge in [0.05, 0.1) is 6.10 Å². The van der Waals surface area contributed by atoms with Gasteiger partial charge in [0.2, 0.25) is 0 Å². The molecule has 0 radical (unpaired) electrons. The smallest absolute Gasteiger partial charge is 0.0580 e. The van der Waals surface area contributed by atoms with Gasteiger partial charge in [-0.1, -0.05) is 37.1 Å².